The van der Waals surface area contributed by atoms with Gasteiger partial charge in [0.2, 0.25) is 10.0 Å². The molecule has 0 aliphatic carbocycles. The van der Waals surface area contributed by atoms with Gasteiger partial charge in [-0.2, -0.15) is 0 Å². The lowest BCUT2D eigenvalue weighted by Crippen LogP contribution is -2.32. The highest BCUT2D eigenvalue weighted by Gasteiger charge is 2.31. The Bertz CT molecular complexity index is 580. The summed E-state index contributed by atoms with van der Waals surface area (Å²) < 4.78 is 71.3. The molecule has 5 nitrogen and oxygen atoms in total. The molecule has 0 spiro atoms. The van der Waals surface area contributed by atoms with Crippen LogP contribution < -0.4 is 9.46 Å². The molecule has 1 heterocycles. The van der Waals surface area contributed by atoms with Crippen LogP contribution >= 0.6 is 0 Å². The Balaban J connectivity index is 1.88. The Kier molecular flexibility index (Phi) is 5.30. The predicted molar refractivity (Wildman–Crippen MR) is 72.7 cm³/mol. The fourth-order valence-corrected chi connectivity index (χ4v) is 3.26. The largest absolute Gasteiger partial charge is 0.573 e. The standard InChI is InChI=1S/C13H16F3NO4S/c14-13(15,16)21-11-5-3-10(4-6-11)9-22(18,19)17-8-12-2-1-7-20-12/h3-6,12,17H,1-2,7-9H2/t12-/m1/s1. The minimum Gasteiger partial charge on any atom is -0.406 e. The van der Waals surface area contributed by atoms with E-state index in [2.05, 4.69) is 9.46 Å². The molecule has 1 aliphatic rings. The number of hydrogen-bond donors (Lipinski definition) is 1. The highest BCUT2D eigenvalue weighted by atomic mass is 32.2. The Morgan fingerprint density at radius 3 is 2.50 bits per heavy atom. The smallest absolute Gasteiger partial charge is 0.406 e. The lowest BCUT2D eigenvalue weighted by atomic mass is 10.2. The summed E-state index contributed by atoms with van der Waals surface area (Å²) in [7, 11) is -3.56. The van der Waals surface area contributed by atoms with E-state index in [9.17, 15) is 21.6 Å². The average molecular weight is 339 g/mol. The molecule has 2 rings (SSSR count). The molecule has 0 bridgehead atoms. The molecule has 1 aromatic rings. The van der Waals surface area contributed by atoms with Gasteiger partial charge in [0.05, 0.1) is 11.9 Å². The van der Waals surface area contributed by atoms with Gasteiger partial charge in [0.15, 0.2) is 0 Å². The Hall–Kier alpha value is -1.32. The van der Waals surface area contributed by atoms with E-state index in [0.29, 0.717) is 12.2 Å². The summed E-state index contributed by atoms with van der Waals surface area (Å²) >= 11 is 0. The van der Waals surface area contributed by atoms with Gasteiger partial charge in [-0.1, -0.05) is 12.1 Å². The SMILES string of the molecule is O=S(=O)(Cc1ccc(OC(F)(F)F)cc1)NC[C@H]1CCCO1. The van der Waals surface area contributed by atoms with Gasteiger partial charge in [0.1, 0.15) is 5.75 Å². The van der Waals surface area contributed by atoms with E-state index in [-0.39, 0.29) is 24.2 Å². The fourth-order valence-electron chi connectivity index (χ4n) is 2.08. The molecule has 1 fully saturated rings. The topological polar surface area (TPSA) is 64.6 Å². The van der Waals surface area contributed by atoms with Crippen molar-refractivity contribution < 1.29 is 31.1 Å². The van der Waals surface area contributed by atoms with Crippen LogP contribution in [0.4, 0.5) is 13.2 Å². The highest BCUT2D eigenvalue weighted by Crippen LogP contribution is 2.23. The summed E-state index contributed by atoms with van der Waals surface area (Å²) in [6.45, 7) is 0.838. The molecule has 9 heteroatoms. The van der Waals surface area contributed by atoms with Gasteiger partial charge >= 0.3 is 6.36 Å². The van der Waals surface area contributed by atoms with E-state index in [0.717, 1.165) is 25.0 Å². The van der Waals surface area contributed by atoms with Crippen molar-refractivity contribution in [3.8, 4) is 5.75 Å². The summed E-state index contributed by atoms with van der Waals surface area (Å²) in [6.07, 6.45) is -3.16. The molecular weight excluding hydrogens is 323 g/mol. The van der Waals surface area contributed by atoms with Crippen molar-refractivity contribution in [2.45, 2.75) is 31.1 Å². The number of rotatable bonds is 6. The molecule has 0 radical (unpaired) electrons. The van der Waals surface area contributed by atoms with Gasteiger partial charge in [-0.15, -0.1) is 13.2 Å². The molecule has 0 unspecified atom stereocenters. The summed E-state index contributed by atoms with van der Waals surface area (Å²) in [5.41, 5.74) is 0.370. The zero-order valence-electron chi connectivity index (χ0n) is 11.6. The summed E-state index contributed by atoms with van der Waals surface area (Å²) in [5.74, 6) is -0.701. The second-order valence-electron chi connectivity index (χ2n) is 4.93. The molecule has 0 amide bonds. The maximum absolute atomic E-state index is 12.0. The monoisotopic (exact) mass is 339 g/mol. The van der Waals surface area contributed by atoms with Gasteiger partial charge < -0.3 is 9.47 Å². The van der Waals surface area contributed by atoms with Crippen LogP contribution in [0.5, 0.6) is 5.75 Å². The number of alkyl halides is 3. The molecule has 1 N–H and O–H groups in total. The van der Waals surface area contributed by atoms with Crippen molar-refractivity contribution in [3.63, 3.8) is 0 Å². The van der Waals surface area contributed by atoms with E-state index < -0.39 is 16.4 Å². The quantitative estimate of drug-likeness (QED) is 0.863. The third-order valence-corrected chi connectivity index (χ3v) is 4.39. The van der Waals surface area contributed by atoms with E-state index in [1.54, 1.807) is 0 Å². The number of ether oxygens (including phenoxy) is 2. The van der Waals surface area contributed by atoms with Crippen molar-refractivity contribution in [3.05, 3.63) is 29.8 Å². The molecular formula is C13H16F3NO4S. The van der Waals surface area contributed by atoms with Gasteiger partial charge in [0, 0.05) is 13.2 Å². The average Bonchev–Trinajstić information content (AvgIpc) is 2.90. The zero-order valence-corrected chi connectivity index (χ0v) is 12.4. The van der Waals surface area contributed by atoms with Crippen LogP contribution in [0.1, 0.15) is 18.4 Å². The molecule has 0 saturated carbocycles. The fraction of sp³-hybridized carbons (Fsp3) is 0.538. The van der Waals surface area contributed by atoms with Crippen molar-refractivity contribution >= 4 is 10.0 Å². The third kappa shape index (κ3) is 5.82. The highest BCUT2D eigenvalue weighted by molar-refractivity contribution is 7.88. The van der Waals surface area contributed by atoms with E-state index >= 15 is 0 Å². The molecule has 1 saturated heterocycles. The second kappa shape index (κ2) is 6.84. The van der Waals surface area contributed by atoms with Crippen LogP contribution in [0.25, 0.3) is 0 Å². The molecule has 1 aromatic carbocycles. The van der Waals surface area contributed by atoms with Crippen LogP contribution in [0.2, 0.25) is 0 Å². The van der Waals surface area contributed by atoms with E-state index in [1.165, 1.54) is 12.1 Å². The zero-order chi connectivity index (χ0) is 16.2. The van der Waals surface area contributed by atoms with E-state index in [4.69, 9.17) is 4.74 Å². The molecule has 1 aliphatic heterocycles. The molecule has 1 atom stereocenters. The molecule has 22 heavy (non-hydrogen) atoms. The Morgan fingerprint density at radius 1 is 1.27 bits per heavy atom. The summed E-state index contributed by atoms with van der Waals surface area (Å²) in [4.78, 5) is 0. The van der Waals surface area contributed by atoms with Crippen molar-refractivity contribution in [2.75, 3.05) is 13.2 Å². The molecule has 0 aromatic heterocycles. The molecule has 124 valence electrons. The predicted octanol–water partition coefficient (Wildman–Crippen LogP) is 2.18. The first-order valence-corrected chi connectivity index (χ1v) is 8.32. The lowest BCUT2D eigenvalue weighted by molar-refractivity contribution is -0.274. The number of hydrogen-bond acceptors (Lipinski definition) is 4. The first-order valence-electron chi connectivity index (χ1n) is 6.67. The van der Waals surface area contributed by atoms with Gasteiger partial charge in [-0.25, -0.2) is 13.1 Å². The maximum atomic E-state index is 12.0. The van der Waals surface area contributed by atoms with Crippen molar-refractivity contribution in [1.29, 1.82) is 0 Å². The van der Waals surface area contributed by atoms with E-state index in [1.807, 2.05) is 0 Å². The van der Waals surface area contributed by atoms with Crippen LogP contribution in [-0.2, 0) is 20.5 Å². The van der Waals surface area contributed by atoms with Gasteiger partial charge in [-0.05, 0) is 30.5 Å². The summed E-state index contributed by atoms with van der Waals surface area (Å²) in [5, 5.41) is 0. The van der Waals surface area contributed by atoms with Crippen molar-refractivity contribution in [2.24, 2.45) is 0 Å². The lowest BCUT2D eigenvalue weighted by Gasteiger charge is -2.12. The van der Waals surface area contributed by atoms with Crippen LogP contribution in [-0.4, -0.2) is 34.0 Å². The first kappa shape index (κ1) is 17.0. The summed E-state index contributed by atoms with van der Waals surface area (Å²) in [6, 6.07) is 4.73. The Morgan fingerprint density at radius 2 is 1.95 bits per heavy atom. The normalized spacial score (nSPS) is 19.3. The van der Waals surface area contributed by atoms with Gasteiger partial charge in [-0.3, -0.25) is 0 Å². The van der Waals surface area contributed by atoms with Crippen LogP contribution in [0, 0.1) is 0 Å². The Labute approximate surface area is 126 Å². The first-order chi connectivity index (χ1) is 10.2. The minimum atomic E-state index is -4.77. The minimum absolute atomic E-state index is 0.114. The number of nitrogens with one attached hydrogen (secondary N) is 1. The second-order valence-corrected chi connectivity index (χ2v) is 6.74. The van der Waals surface area contributed by atoms with Crippen LogP contribution in [0.3, 0.4) is 0 Å². The third-order valence-electron chi connectivity index (χ3n) is 3.07. The van der Waals surface area contributed by atoms with Crippen LogP contribution in [0.15, 0.2) is 24.3 Å². The number of halogens is 3. The van der Waals surface area contributed by atoms with Crippen molar-refractivity contribution in [1.82, 2.24) is 4.72 Å². The van der Waals surface area contributed by atoms with Gasteiger partial charge in [0.25, 0.3) is 0 Å². The number of sulfonamides is 1. The number of benzene rings is 1. The maximum Gasteiger partial charge on any atom is 0.573 e.